The van der Waals surface area contributed by atoms with E-state index in [0.29, 0.717) is 5.06 Å². The minimum atomic E-state index is -1.34. The van der Waals surface area contributed by atoms with Gasteiger partial charge in [0.2, 0.25) is 6.10 Å². The summed E-state index contributed by atoms with van der Waals surface area (Å²) in [5.74, 6) is -4.37. The Hall–Kier alpha value is -3.62. The number of amides is 2. The molecule has 2 aliphatic rings. The van der Waals surface area contributed by atoms with Gasteiger partial charge in [0.1, 0.15) is 11.6 Å². The molecule has 0 fully saturated rings. The first-order chi connectivity index (χ1) is 13.0. The van der Waals surface area contributed by atoms with Crippen LogP contribution in [0.25, 0.3) is 0 Å². The Morgan fingerprint density at radius 1 is 1.04 bits per heavy atom. The molecule has 2 aliphatic heterocycles. The fourth-order valence-corrected chi connectivity index (χ4v) is 2.82. The van der Waals surface area contributed by atoms with Crippen molar-refractivity contribution in [3.05, 3.63) is 70.8 Å². The fourth-order valence-electron chi connectivity index (χ4n) is 2.82. The summed E-state index contributed by atoms with van der Waals surface area (Å²) in [7, 11) is 0. The predicted octanol–water partition coefficient (Wildman–Crippen LogP) is 2.21. The molecule has 0 spiro atoms. The number of oxime groups is 1. The average molecular weight is 372 g/mol. The van der Waals surface area contributed by atoms with Crippen LogP contribution in [0.5, 0.6) is 0 Å². The number of hydrogen-bond donors (Lipinski definition) is 0. The molecule has 0 radical (unpaired) electrons. The highest BCUT2D eigenvalue weighted by Crippen LogP contribution is 2.25. The molecule has 9 heteroatoms. The van der Waals surface area contributed by atoms with Gasteiger partial charge in [-0.15, -0.1) is 0 Å². The summed E-state index contributed by atoms with van der Waals surface area (Å²) in [6, 6.07) is 9.28. The molecule has 0 saturated carbocycles. The Morgan fingerprint density at radius 2 is 1.63 bits per heavy atom. The molecular formula is C18H10F2N2O5. The first kappa shape index (κ1) is 16.8. The number of fused-ring (bicyclic) bond motifs is 1. The van der Waals surface area contributed by atoms with Gasteiger partial charge in [0.05, 0.1) is 22.4 Å². The zero-order chi connectivity index (χ0) is 19.1. The second kappa shape index (κ2) is 6.27. The molecule has 136 valence electrons. The molecule has 0 N–H and O–H groups in total. The Balaban J connectivity index is 1.47. The molecule has 2 aromatic rings. The van der Waals surface area contributed by atoms with Crippen LogP contribution in [0.4, 0.5) is 8.78 Å². The van der Waals surface area contributed by atoms with Crippen molar-refractivity contribution < 1.29 is 32.8 Å². The van der Waals surface area contributed by atoms with Crippen molar-refractivity contribution in [2.45, 2.75) is 12.5 Å². The van der Waals surface area contributed by atoms with Crippen molar-refractivity contribution in [3.8, 4) is 0 Å². The lowest BCUT2D eigenvalue weighted by Gasteiger charge is -2.14. The first-order valence-electron chi connectivity index (χ1n) is 7.84. The van der Waals surface area contributed by atoms with Crippen LogP contribution in [-0.4, -0.2) is 34.7 Å². The van der Waals surface area contributed by atoms with Gasteiger partial charge in [0.15, 0.2) is 0 Å². The fraction of sp³-hybridized carbons (Fsp3) is 0.111. The van der Waals surface area contributed by atoms with Gasteiger partial charge in [-0.05, 0) is 24.3 Å². The maximum atomic E-state index is 13.8. The van der Waals surface area contributed by atoms with Crippen LogP contribution >= 0.6 is 0 Å². The lowest BCUT2D eigenvalue weighted by atomic mass is 10.0. The highest BCUT2D eigenvalue weighted by atomic mass is 19.1. The quantitative estimate of drug-likeness (QED) is 0.772. The lowest BCUT2D eigenvalue weighted by molar-refractivity contribution is -0.180. The van der Waals surface area contributed by atoms with Gasteiger partial charge in [-0.3, -0.25) is 9.59 Å². The average Bonchev–Trinajstić information content (AvgIpc) is 3.22. The van der Waals surface area contributed by atoms with Crippen LogP contribution in [0, 0.1) is 11.6 Å². The SMILES string of the molecule is O=C(ON1C(=O)c2ccccc2C1=O)C1CC(c2c(F)cccc2F)=NO1. The normalized spacial score (nSPS) is 18.2. The van der Waals surface area contributed by atoms with E-state index >= 15 is 0 Å². The van der Waals surface area contributed by atoms with Crippen molar-refractivity contribution in [1.82, 2.24) is 5.06 Å². The van der Waals surface area contributed by atoms with E-state index in [2.05, 4.69) is 5.16 Å². The molecule has 1 atom stereocenters. The van der Waals surface area contributed by atoms with Gasteiger partial charge in [0.25, 0.3) is 11.8 Å². The summed E-state index contributed by atoms with van der Waals surface area (Å²) in [5.41, 5.74) is -0.315. The van der Waals surface area contributed by atoms with E-state index < -0.39 is 41.1 Å². The van der Waals surface area contributed by atoms with Crippen LogP contribution < -0.4 is 0 Å². The summed E-state index contributed by atoms with van der Waals surface area (Å²) in [6.45, 7) is 0. The zero-order valence-corrected chi connectivity index (χ0v) is 13.5. The molecule has 1 unspecified atom stereocenters. The highest BCUT2D eigenvalue weighted by Gasteiger charge is 2.41. The van der Waals surface area contributed by atoms with Crippen molar-refractivity contribution in [3.63, 3.8) is 0 Å². The number of imide groups is 1. The lowest BCUT2D eigenvalue weighted by Crippen LogP contribution is -2.37. The van der Waals surface area contributed by atoms with Gasteiger partial charge in [-0.25, -0.2) is 13.6 Å². The van der Waals surface area contributed by atoms with Crippen molar-refractivity contribution in [2.75, 3.05) is 0 Å². The summed E-state index contributed by atoms with van der Waals surface area (Å²) in [6.07, 6.45) is -1.62. The Kier molecular flexibility index (Phi) is 3.91. The van der Waals surface area contributed by atoms with Crippen LogP contribution in [0.15, 0.2) is 47.6 Å². The Bertz CT molecular complexity index is 965. The van der Waals surface area contributed by atoms with Crippen molar-refractivity contribution in [2.24, 2.45) is 5.16 Å². The second-order valence-corrected chi connectivity index (χ2v) is 5.79. The van der Waals surface area contributed by atoms with E-state index in [0.717, 1.165) is 12.1 Å². The summed E-state index contributed by atoms with van der Waals surface area (Å²) in [5, 5.41) is 3.86. The van der Waals surface area contributed by atoms with E-state index in [9.17, 15) is 23.2 Å². The third kappa shape index (κ3) is 2.73. The van der Waals surface area contributed by atoms with Crippen molar-refractivity contribution >= 4 is 23.5 Å². The maximum absolute atomic E-state index is 13.8. The zero-order valence-electron chi connectivity index (χ0n) is 13.5. The van der Waals surface area contributed by atoms with Crippen LogP contribution in [0.3, 0.4) is 0 Å². The first-order valence-corrected chi connectivity index (χ1v) is 7.84. The molecule has 2 amide bonds. The van der Waals surface area contributed by atoms with E-state index in [4.69, 9.17) is 9.68 Å². The van der Waals surface area contributed by atoms with Crippen LogP contribution in [0.2, 0.25) is 0 Å². The molecule has 2 aromatic carbocycles. The highest BCUT2D eigenvalue weighted by molar-refractivity contribution is 6.21. The maximum Gasteiger partial charge on any atom is 0.376 e. The van der Waals surface area contributed by atoms with Crippen LogP contribution in [-0.2, 0) is 14.5 Å². The van der Waals surface area contributed by atoms with Gasteiger partial charge < -0.3 is 9.68 Å². The minimum absolute atomic E-state index is 0.105. The van der Waals surface area contributed by atoms with Gasteiger partial charge in [-0.2, -0.15) is 0 Å². The molecule has 0 saturated heterocycles. The summed E-state index contributed by atoms with van der Waals surface area (Å²) in [4.78, 5) is 46.4. The Morgan fingerprint density at radius 3 is 2.22 bits per heavy atom. The van der Waals surface area contributed by atoms with E-state index in [1.54, 1.807) is 12.1 Å². The largest absolute Gasteiger partial charge is 0.380 e. The van der Waals surface area contributed by atoms with Gasteiger partial charge >= 0.3 is 5.97 Å². The van der Waals surface area contributed by atoms with Gasteiger partial charge in [-0.1, -0.05) is 28.4 Å². The number of benzene rings is 2. The number of rotatable bonds is 3. The summed E-state index contributed by atoms with van der Waals surface area (Å²) >= 11 is 0. The molecule has 4 rings (SSSR count). The topological polar surface area (TPSA) is 85.3 Å². The minimum Gasteiger partial charge on any atom is -0.380 e. The number of hydroxylamine groups is 2. The third-order valence-electron chi connectivity index (χ3n) is 4.12. The number of carbonyl (C=O) groups is 3. The molecule has 0 aromatic heterocycles. The van der Waals surface area contributed by atoms with Crippen molar-refractivity contribution in [1.29, 1.82) is 0 Å². The molecule has 2 heterocycles. The molecular weight excluding hydrogens is 362 g/mol. The van der Waals surface area contributed by atoms with E-state index in [1.165, 1.54) is 18.2 Å². The Labute approximate surface area is 150 Å². The smallest absolute Gasteiger partial charge is 0.376 e. The van der Waals surface area contributed by atoms with E-state index in [1.807, 2.05) is 0 Å². The van der Waals surface area contributed by atoms with E-state index in [-0.39, 0.29) is 23.3 Å². The standard InChI is InChI=1S/C18H10F2N2O5/c19-11-6-3-7-12(20)15(11)13-8-14(26-21-13)18(25)27-22-16(23)9-4-1-2-5-10(9)17(22)24/h1-7,14H,8H2. The number of halogens is 2. The number of carbonyl (C=O) groups excluding carboxylic acids is 3. The molecule has 7 nitrogen and oxygen atoms in total. The monoisotopic (exact) mass is 372 g/mol. The third-order valence-corrected chi connectivity index (χ3v) is 4.12. The van der Waals surface area contributed by atoms with Gasteiger partial charge in [0, 0.05) is 6.42 Å². The summed E-state index contributed by atoms with van der Waals surface area (Å²) < 4.78 is 27.6. The molecule has 27 heavy (non-hydrogen) atoms. The number of hydrogen-bond acceptors (Lipinski definition) is 6. The molecule has 0 bridgehead atoms. The van der Waals surface area contributed by atoms with Crippen LogP contribution in [0.1, 0.15) is 32.7 Å². The predicted molar refractivity (Wildman–Crippen MR) is 85.4 cm³/mol. The second-order valence-electron chi connectivity index (χ2n) is 5.79. The number of nitrogens with zero attached hydrogens (tertiary/aromatic N) is 2. The molecule has 0 aliphatic carbocycles.